The Kier molecular flexibility index (Phi) is 4.72. The second kappa shape index (κ2) is 6.08. The van der Waals surface area contributed by atoms with Crippen molar-refractivity contribution in [2.24, 2.45) is 0 Å². The molecule has 0 saturated heterocycles. The number of hydrogen-bond donors (Lipinski definition) is 2. The van der Waals surface area contributed by atoms with Crippen molar-refractivity contribution in [1.29, 1.82) is 5.26 Å². The fourth-order valence-corrected chi connectivity index (χ4v) is 3.93. The molecule has 2 aliphatic rings. The molecule has 2 atom stereocenters. The van der Waals surface area contributed by atoms with Crippen LogP contribution < -0.4 is 5.32 Å². The number of rotatable bonds is 6. The summed E-state index contributed by atoms with van der Waals surface area (Å²) in [5, 5.41) is 22.4. The first kappa shape index (κ1) is 13.2. The Morgan fingerprint density at radius 3 is 2.88 bits per heavy atom. The van der Waals surface area contributed by atoms with Crippen molar-refractivity contribution in [3.05, 3.63) is 0 Å². The summed E-state index contributed by atoms with van der Waals surface area (Å²) < 4.78 is 0. The fourth-order valence-electron chi connectivity index (χ4n) is 2.56. The molecule has 17 heavy (non-hydrogen) atoms. The third-order valence-electron chi connectivity index (χ3n) is 3.63. The number of nitrogens with one attached hydrogen (secondary N) is 1. The molecule has 0 aromatic heterocycles. The van der Waals surface area contributed by atoms with Gasteiger partial charge >= 0.3 is 0 Å². The van der Waals surface area contributed by atoms with Crippen molar-refractivity contribution in [2.45, 2.75) is 61.8 Å². The van der Waals surface area contributed by atoms with Gasteiger partial charge in [-0.3, -0.25) is 5.32 Å². The third-order valence-corrected chi connectivity index (χ3v) is 5.03. The fraction of sp³-hybridized carbons (Fsp3) is 0.923. The van der Waals surface area contributed by atoms with Gasteiger partial charge in [0, 0.05) is 17.9 Å². The Balaban J connectivity index is 1.83. The zero-order chi connectivity index (χ0) is 12.1. The van der Waals surface area contributed by atoms with Crippen LogP contribution in [0.1, 0.15) is 44.9 Å². The van der Waals surface area contributed by atoms with Crippen molar-refractivity contribution in [2.75, 3.05) is 12.4 Å². The third kappa shape index (κ3) is 3.87. The molecule has 2 aliphatic carbocycles. The SMILES string of the molecule is N#CC1(NC2CC2)CCCC(SCCCO)C1. The van der Waals surface area contributed by atoms with Crippen LogP contribution in [0.5, 0.6) is 0 Å². The Labute approximate surface area is 108 Å². The second-order valence-electron chi connectivity index (χ2n) is 5.28. The summed E-state index contributed by atoms with van der Waals surface area (Å²) in [6, 6.07) is 3.14. The van der Waals surface area contributed by atoms with Gasteiger partial charge in [0.25, 0.3) is 0 Å². The van der Waals surface area contributed by atoms with Crippen LogP contribution in [0.4, 0.5) is 0 Å². The van der Waals surface area contributed by atoms with Crippen LogP contribution in [0.2, 0.25) is 0 Å². The molecule has 96 valence electrons. The number of hydrogen-bond acceptors (Lipinski definition) is 4. The molecule has 0 aromatic rings. The first-order valence-electron chi connectivity index (χ1n) is 6.69. The average Bonchev–Trinajstić information content (AvgIpc) is 3.14. The van der Waals surface area contributed by atoms with Gasteiger partial charge in [0.2, 0.25) is 0 Å². The van der Waals surface area contributed by atoms with E-state index in [1.807, 2.05) is 11.8 Å². The van der Waals surface area contributed by atoms with Gasteiger partial charge in [-0.15, -0.1) is 0 Å². The van der Waals surface area contributed by atoms with Gasteiger partial charge in [0.15, 0.2) is 0 Å². The minimum atomic E-state index is -0.254. The molecule has 0 bridgehead atoms. The van der Waals surface area contributed by atoms with Gasteiger partial charge in [-0.1, -0.05) is 0 Å². The van der Waals surface area contributed by atoms with Crippen LogP contribution in [0, 0.1) is 11.3 Å². The van der Waals surface area contributed by atoms with Crippen LogP contribution in [0.15, 0.2) is 0 Å². The maximum Gasteiger partial charge on any atom is 0.108 e. The molecule has 0 heterocycles. The Morgan fingerprint density at radius 1 is 1.41 bits per heavy atom. The van der Waals surface area contributed by atoms with Gasteiger partial charge in [-0.05, 0) is 50.7 Å². The average molecular weight is 254 g/mol. The molecule has 4 heteroatoms. The number of thioether (sulfide) groups is 1. The maximum atomic E-state index is 9.45. The molecule has 3 nitrogen and oxygen atoms in total. The summed E-state index contributed by atoms with van der Waals surface area (Å²) in [4.78, 5) is 0. The lowest BCUT2D eigenvalue weighted by Crippen LogP contribution is -2.49. The molecule has 0 amide bonds. The number of nitrogens with zero attached hydrogens (tertiary/aromatic N) is 1. The van der Waals surface area contributed by atoms with Crippen LogP contribution in [0.3, 0.4) is 0 Å². The Hall–Kier alpha value is -0.240. The summed E-state index contributed by atoms with van der Waals surface area (Å²) in [6.45, 7) is 0.281. The lowest BCUT2D eigenvalue weighted by atomic mass is 9.82. The van der Waals surface area contributed by atoms with Crippen molar-refractivity contribution >= 4 is 11.8 Å². The van der Waals surface area contributed by atoms with E-state index in [0.717, 1.165) is 31.4 Å². The molecule has 2 unspecified atom stereocenters. The number of aliphatic hydroxyl groups is 1. The zero-order valence-electron chi connectivity index (χ0n) is 10.3. The highest BCUT2D eigenvalue weighted by Crippen LogP contribution is 2.37. The standard InChI is InChI=1S/C13H22N2OS/c14-10-13(15-11-4-5-11)6-1-3-12(9-13)17-8-2-7-16/h11-12,15-16H,1-9H2. The van der Waals surface area contributed by atoms with Crippen molar-refractivity contribution < 1.29 is 5.11 Å². The molecule has 2 fully saturated rings. The summed E-state index contributed by atoms with van der Waals surface area (Å²) in [5.74, 6) is 1.02. The monoisotopic (exact) mass is 254 g/mol. The predicted octanol–water partition coefficient (Wildman–Crippen LogP) is 2.06. The molecule has 2 rings (SSSR count). The lowest BCUT2D eigenvalue weighted by molar-refractivity contribution is 0.294. The Bertz CT molecular complexity index is 288. The highest BCUT2D eigenvalue weighted by molar-refractivity contribution is 7.99. The molecule has 0 spiro atoms. The number of nitriles is 1. The largest absolute Gasteiger partial charge is 0.396 e. The highest BCUT2D eigenvalue weighted by atomic mass is 32.2. The topological polar surface area (TPSA) is 56.0 Å². The van der Waals surface area contributed by atoms with Gasteiger partial charge < -0.3 is 5.11 Å². The smallest absolute Gasteiger partial charge is 0.108 e. The van der Waals surface area contributed by atoms with E-state index in [1.54, 1.807) is 0 Å². The summed E-state index contributed by atoms with van der Waals surface area (Å²) >= 11 is 1.94. The first-order chi connectivity index (χ1) is 8.28. The summed E-state index contributed by atoms with van der Waals surface area (Å²) in [6.07, 6.45) is 7.73. The van der Waals surface area contributed by atoms with E-state index < -0.39 is 0 Å². The highest BCUT2D eigenvalue weighted by Gasteiger charge is 2.40. The summed E-state index contributed by atoms with van der Waals surface area (Å²) in [5.41, 5.74) is -0.254. The number of aliphatic hydroxyl groups excluding tert-OH is 1. The van der Waals surface area contributed by atoms with Crippen molar-refractivity contribution in [1.82, 2.24) is 5.32 Å². The van der Waals surface area contributed by atoms with Crippen molar-refractivity contribution in [3.63, 3.8) is 0 Å². The van der Waals surface area contributed by atoms with E-state index in [1.165, 1.54) is 19.3 Å². The zero-order valence-corrected chi connectivity index (χ0v) is 11.1. The van der Waals surface area contributed by atoms with E-state index >= 15 is 0 Å². The van der Waals surface area contributed by atoms with Crippen LogP contribution >= 0.6 is 11.8 Å². The molecule has 2 saturated carbocycles. The molecule has 2 N–H and O–H groups in total. The van der Waals surface area contributed by atoms with Gasteiger partial charge in [0.05, 0.1) is 6.07 Å². The normalized spacial score (nSPS) is 33.3. The molecule has 0 radical (unpaired) electrons. The van der Waals surface area contributed by atoms with E-state index in [-0.39, 0.29) is 12.1 Å². The maximum absolute atomic E-state index is 9.45. The summed E-state index contributed by atoms with van der Waals surface area (Å²) in [7, 11) is 0. The quantitative estimate of drug-likeness (QED) is 0.712. The van der Waals surface area contributed by atoms with E-state index in [4.69, 9.17) is 5.11 Å². The van der Waals surface area contributed by atoms with E-state index in [0.29, 0.717) is 11.3 Å². The molecule has 0 aromatic carbocycles. The first-order valence-corrected chi connectivity index (χ1v) is 7.74. The van der Waals surface area contributed by atoms with Crippen LogP contribution in [-0.4, -0.2) is 34.3 Å². The van der Waals surface area contributed by atoms with Crippen LogP contribution in [0.25, 0.3) is 0 Å². The van der Waals surface area contributed by atoms with Crippen LogP contribution in [-0.2, 0) is 0 Å². The lowest BCUT2D eigenvalue weighted by Gasteiger charge is -2.36. The molecular weight excluding hydrogens is 232 g/mol. The predicted molar refractivity (Wildman–Crippen MR) is 70.9 cm³/mol. The Morgan fingerprint density at radius 2 is 2.24 bits per heavy atom. The van der Waals surface area contributed by atoms with Gasteiger partial charge in [-0.25, -0.2) is 0 Å². The van der Waals surface area contributed by atoms with E-state index in [9.17, 15) is 5.26 Å². The molecular formula is C13H22N2OS. The second-order valence-corrected chi connectivity index (χ2v) is 6.69. The minimum Gasteiger partial charge on any atom is -0.396 e. The van der Waals surface area contributed by atoms with Gasteiger partial charge in [0.1, 0.15) is 5.54 Å². The van der Waals surface area contributed by atoms with Gasteiger partial charge in [-0.2, -0.15) is 17.0 Å². The van der Waals surface area contributed by atoms with E-state index in [2.05, 4.69) is 11.4 Å². The molecule has 0 aliphatic heterocycles. The minimum absolute atomic E-state index is 0.254. The van der Waals surface area contributed by atoms with Crippen molar-refractivity contribution in [3.8, 4) is 6.07 Å².